The number of benzene rings is 2. The van der Waals surface area contributed by atoms with Crippen LogP contribution in [0, 0.1) is 11.3 Å². The Balaban J connectivity index is 1.53. The zero-order valence-corrected chi connectivity index (χ0v) is 18.2. The number of hydrogen-bond acceptors (Lipinski definition) is 6. The van der Waals surface area contributed by atoms with Crippen molar-refractivity contribution in [2.75, 3.05) is 4.72 Å². The van der Waals surface area contributed by atoms with E-state index >= 15 is 0 Å². The van der Waals surface area contributed by atoms with E-state index in [-0.39, 0.29) is 0 Å². The highest BCUT2D eigenvalue weighted by Crippen LogP contribution is 2.44. The number of nitrogens with zero attached hydrogens (tertiary/aromatic N) is 4. The van der Waals surface area contributed by atoms with Crippen LogP contribution in [0.25, 0.3) is 0 Å². The maximum Gasteiger partial charge on any atom is 0.357 e. The fraction of sp³-hybridized carbons (Fsp3) is 0.286. The minimum atomic E-state index is -4.28. The van der Waals surface area contributed by atoms with Gasteiger partial charge in [-0.25, -0.2) is 9.67 Å². The van der Waals surface area contributed by atoms with E-state index in [1.165, 1.54) is 6.33 Å². The third-order valence-electron chi connectivity index (χ3n) is 5.34. The van der Waals surface area contributed by atoms with Gasteiger partial charge < -0.3 is 0 Å². The van der Waals surface area contributed by atoms with Crippen LogP contribution in [0.4, 0.5) is 5.69 Å². The highest BCUT2D eigenvalue weighted by atomic mass is 32.2. The van der Waals surface area contributed by atoms with Gasteiger partial charge in [-0.15, -0.1) is 11.8 Å². The SMILES string of the molecule is N#CC1(c2cc(CSc3ccc(NS(=O)(=O)O)cc3)cc(Cn3cncn3)c2)CCC1. The fourth-order valence-corrected chi connectivity index (χ4v) is 4.91. The van der Waals surface area contributed by atoms with Crippen LogP contribution in [-0.4, -0.2) is 27.7 Å². The second-order valence-electron chi connectivity index (χ2n) is 7.57. The van der Waals surface area contributed by atoms with Crippen LogP contribution < -0.4 is 4.72 Å². The van der Waals surface area contributed by atoms with Crippen LogP contribution in [0.1, 0.15) is 36.0 Å². The van der Waals surface area contributed by atoms with E-state index in [0.717, 1.165) is 40.8 Å². The zero-order valence-electron chi connectivity index (χ0n) is 16.6. The lowest BCUT2D eigenvalue weighted by molar-refractivity contribution is 0.323. The van der Waals surface area contributed by atoms with Gasteiger partial charge in [0.05, 0.1) is 23.7 Å². The first kappa shape index (κ1) is 21.4. The third kappa shape index (κ3) is 5.25. The summed E-state index contributed by atoms with van der Waals surface area (Å²) in [5.74, 6) is 0.699. The predicted molar refractivity (Wildman–Crippen MR) is 118 cm³/mol. The Kier molecular flexibility index (Phi) is 6.00. The normalized spacial score (nSPS) is 15.1. The molecule has 0 aliphatic heterocycles. The van der Waals surface area contributed by atoms with Crippen molar-refractivity contribution in [2.24, 2.45) is 0 Å². The lowest BCUT2D eigenvalue weighted by Gasteiger charge is -2.36. The lowest BCUT2D eigenvalue weighted by atomic mass is 9.65. The zero-order chi connectivity index (χ0) is 21.9. The quantitative estimate of drug-likeness (QED) is 0.392. The first-order chi connectivity index (χ1) is 14.9. The van der Waals surface area contributed by atoms with Crippen LogP contribution in [0.15, 0.2) is 60.0 Å². The maximum absolute atomic E-state index is 10.9. The van der Waals surface area contributed by atoms with Gasteiger partial charge in [0, 0.05) is 10.6 Å². The summed E-state index contributed by atoms with van der Waals surface area (Å²) in [6.45, 7) is 0.586. The summed E-state index contributed by atoms with van der Waals surface area (Å²) in [5.41, 5.74) is 3.14. The molecule has 0 spiro atoms. The molecule has 3 aromatic rings. The summed E-state index contributed by atoms with van der Waals surface area (Å²) < 4.78 is 34.5. The Morgan fingerprint density at radius 3 is 2.52 bits per heavy atom. The van der Waals surface area contributed by atoms with Gasteiger partial charge in [-0.05, 0) is 60.2 Å². The van der Waals surface area contributed by atoms with E-state index in [4.69, 9.17) is 4.55 Å². The summed E-state index contributed by atoms with van der Waals surface area (Å²) >= 11 is 1.61. The van der Waals surface area contributed by atoms with Crippen LogP contribution in [0.5, 0.6) is 0 Å². The highest BCUT2D eigenvalue weighted by Gasteiger charge is 2.39. The molecule has 2 N–H and O–H groups in total. The standard InChI is InChI=1S/C21H21N5O3S2/c22-13-21(6-1-7-21)18-9-16(11-26-15-23-14-24-26)8-17(10-18)12-30-20-4-2-19(3-5-20)25-31(27,28)29/h2-5,8-10,14-15,25H,1,6-7,11-12H2,(H,27,28,29). The van der Waals surface area contributed by atoms with Crippen molar-refractivity contribution in [2.45, 2.75) is 41.9 Å². The molecule has 0 amide bonds. The first-order valence-corrected chi connectivity index (χ1v) is 12.1. The van der Waals surface area contributed by atoms with Crippen molar-refractivity contribution in [1.29, 1.82) is 5.26 Å². The average Bonchev–Trinajstić information content (AvgIpc) is 3.19. The van der Waals surface area contributed by atoms with Gasteiger partial charge in [0.1, 0.15) is 12.7 Å². The molecule has 1 aromatic heterocycles. The predicted octanol–water partition coefficient (Wildman–Crippen LogP) is 3.78. The van der Waals surface area contributed by atoms with Crippen molar-refractivity contribution in [1.82, 2.24) is 14.8 Å². The Morgan fingerprint density at radius 1 is 1.19 bits per heavy atom. The van der Waals surface area contributed by atoms with Crippen molar-refractivity contribution in [3.8, 4) is 6.07 Å². The van der Waals surface area contributed by atoms with Gasteiger partial charge in [-0.1, -0.05) is 18.2 Å². The Bertz CT molecular complexity index is 1200. The van der Waals surface area contributed by atoms with Gasteiger partial charge in [-0.3, -0.25) is 9.27 Å². The minimum Gasteiger partial charge on any atom is -0.269 e. The van der Waals surface area contributed by atoms with Gasteiger partial charge >= 0.3 is 10.3 Å². The van der Waals surface area contributed by atoms with Crippen molar-refractivity contribution < 1.29 is 13.0 Å². The number of rotatable bonds is 8. The molecule has 0 bridgehead atoms. The maximum atomic E-state index is 10.9. The van der Waals surface area contributed by atoms with Crippen LogP contribution >= 0.6 is 11.8 Å². The lowest BCUT2D eigenvalue weighted by Crippen LogP contribution is -2.32. The number of aromatic nitrogens is 3. The van der Waals surface area contributed by atoms with E-state index in [9.17, 15) is 13.7 Å². The summed E-state index contributed by atoms with van der Waals surface area (Å²) in [6, 6.07) is 15.7. The Morgan fingerprint density at radius 2 is 1.94 bits per heavy atom. The van der Waals surface area contributed by atoms with Crippen molar-refractivity contribution in [3.05, 3.63) is 71.8 Å². The van der Waals surface area contributed by atoms with E-state index in [2.05, 4.69) is 34.4 Å². The average molecular weight is 456 g/mol. The molecule has 1 aliphatic rings. The van der Waals surface area contributed by atoms with Crippen molar-refractivity contribution >= 4 is 27.8 Å². The number of nitriles is 1. The van der Waals surface area contributed by atoms with Gasteiger partial charge in [0.15, 0.2) is 0 Å². The molecule has 8 nitrogen and oxygen atoms in total. The minimum absolute atomic E-state index is 0.296. The smallest absolute Gasteiger partial charge is 0.269 e. The van der Waals surface area contributed by atoms with E-state index < -0.39 is 15.7 Å². The molecule has 1 heterocycles. The van der Waals surface area contributed by atoms with Gasteiger partial charge in [0.25, 0.3) is 0 Å². The summed E-state index contributed by atoms with van der Waals surface area (Å²) in [5, 5.41) is 14.0. The second-order valence-corrected chi connectivity index (χ2v) is 9.77. The molecule has 31 heavy (non-hydrogen) atoms. The molecule has 160 valence electrons. The number of hydrogen-bond donors (Lipinski definition) is 2. The highest BCUT2D eigenvalue weighted by molar-refractivity contribution is 7.98. The van der Waals surface area contributed by atoms with Crippen LogP contribution in [0.3, 0.4) is 0 Å². The Labute approximate surface area is 185 Å². The molecular formula is C21H21N5O3S2. The molecule has 0 atom stereocenters. The largest absolute Gasteiger partial charge is 0.357 e. The van der Waals surface area contributed by atoms with Crippen molar-refractivity contribution in [3.63, 3.8) is 0 Å². The van der Waals surface area contributed by atoms with E-state index in [1.807, 2.05) is 4.72 Å². The topological polar surface area (TPSA) is 121 Å². The van der Waals surface area contributed by atoms with Gasteiger partial charge in [0.2, 0.25) is 0 Å². The number of thioether (sulfide) groups is 1. The molecule has 1 saturated carbocycles. The van der Waals surface area contributed by atoms with Crippen LogP contribution in [0.2, 0.25) is 0 Å². The molecule has 2 aromatic carbocycles. The monoisotopic (exact) mass is 455 g/mol. The molecule has 1 aliphatic carbocycles. The molecule has 4 rings (SSSR count). The molecule has 10 heteroatoms. The molecule has 0 saturated heterocycles. The molecule has 0 radical (unpaired) electrons. The van der Waals surface area contributed by atoms with E-state index in [1.54, 1.807) is 47.0 Å². The molecule has 1 fully saturated rings. The molecular weight excluding hydrogens is 434 g/mol. The number of anilines is 1. The summed E-state index contributed by atoms with van der Waals surface area (Å²) in [7, 11) is -4.28. The summed E-state index contributed by atoms with van der Waals surface area (Å²) in [4.78, 5) is 4.96. The van der Waals surface area contributed by atoms with Crippen LogP contribution in [-0.2, 0) is 28.0 Å². The molecule has 0 unspecified atom stereocenters. The fourth-order valence-electron chi connectivity index (χ4n) is 3.65. The van der Waals surface area contributed by atoms with Gasteiger partial charge in [-0.2, -0.15) is 18.8 Å². The second kappa shape index (κ2) is 8.70. The van der Waals surface area contributed by atoms with E-state index in [0.29, 0.717) is 18.0 Å². The Hall–Kier alpha value is -2.87. The first-order valence-electron chi connectivity index (χ1n) is 9.70. The number of nitrogens with one attached hydrogen (secondary N) is 1. The summed E-state index contributed by atoms with van der Waals surface area (Å²) in [6.07, 6.45) is 6.00. The third-order valence-corrected chi connectivity index (χ3v) is 6.92.